The van der Waals surface area contributed by atoms with Crippen LogP contribution in [0.25, 0.3) is 0 Å². The van der Waals surface area contributed by atoms with E-state index in [1.807, 2.05) is 0 Å². The molecule has 1 N–H and O–H groups in total. The van der Waals surface area contributed by atoms with Crippen LogP contribution in [0.3, 0.4) is 0 Å². The third kappa shape index (κ3) is 3.68. The van der Waals surface area contributed by atoms with Gasteiger partial charge in [-0.3, -0.25) is 4.90 Å². The minimum absolute atomic E-state index is 0.286. The zero-order valence-electron chi connectivity index (χ0n) is 9.28. The fourth-order valence-corrected chi connectivity index (χ4v) is 2.78. The van der Waals surface area contributed by atoms with Gasteiger partial charge in [0.25, 0.3) is 0 Å². The summed E-state index contributed by atoms with van der Waals surface area (Å²) in [6.45, 7) is 4.45. The molecule has 1 fully saturated rings. The van der Waals surface area contributed by atoms with E-state index < -0.39 is 0 Å². The summed E-state index contributed by atoms with van der Waals surface area (Å²) in [6.07, 6.45) is 1.99. The number of ether oxygens (including phenoxy) is 1. The average molecular weight is 262 g/mol. The predicted molar refractivity (Wildman–Crippen MR) is 66.1 cm³/mol. The Labute approximate surface area is 105 Å². The Hall–Kier alpha value is -0.200. The summed E-state index contributed by atoms with van der Waals surface area (Å²) in [4.78, 5) is 6.45. The van der Waals surface area contributed by atoms with Gasteiger partial charge in [0, 0.05) is 19.6 Å². The average Bonchev–Trinajstić information content (AvgIpc) is 2.65. The molecule has 4 nitrogen and oxygen atoms in total. The highest BCUT2D eigenvalue weighted by molar-refractivity contribution is 7.15. The summed E-state index contributed by atoms with van der Waals surface area (Å²) >= 11 is 7.37. The van der Waals surface area contributed by atoms with Crippen molar-refractivity contribution in [1.82, 2.24) is 15.2 Å². The molecule has 1 aliphatic heterocycles. The maximum Gasteiger partial charge on any atom is 0.113 e. The lowest BCUT2D eigenvalue weighted by atomic mass is 10.3. The van der Waals surface area contributed by atoms with E-state index in [1.54, 1.807) is 6.20 Å². The van der Waals surface area contributed by atoms with Crippen molar-refractivity contribution in [1.29, 1.82) is 0 Å². The highest BCUT2D eigenvalue weighted by atomic mass is 35.5. The van der Waals surface area contributed by atoms with Gasteiger partial charge in [-0.15, -0.1) is 11.3 Å². The molecule has 0 aromatic carbocycles. The van der Waals surface area contributed by atoms with E-state index in [1.165, 1.54) is 11.3 Å². The van der Waals surface area contributed by atoms with Crippen molar-refractivity contribution >= 4 is 22.9 Å². The Morgan fingerprint density at radius 1 is 1.75 bits per heavy atom. The lowest BCUT2D eigenvalue weighted by molar-refractivity contribution is 0.00884. The standard InChI is InChI=1S/C10H16ClN3OS/c1-14(6-8-4-12-2-3-15-8)7-10-13-5-9(11)16-10/h5,8,12H,2-4,6-7H2,1H3. The SMILES string of the molecule is CN(Cc1ncc(Cl)s1)CC1CNCCO1. The number of morpholine rings is 1. The van der Waals surface area contributed by atoms with Crippen LogP contribution in [0.15, 0.2) is 6.20 Å². The third-order valence-corrected chi connectivity index (χ3v) is 3.55. The Morgan fingerprint density at radius 3 is 3.25 bits per heavy atom. The van der Waals surface area contributed by atoms with Crippen molar-refractivity contribution in [3.63, 3.8) is 0 Å². The molecular formula is C10H16ClN3OS. The molecule has 2 rings (SSSR count). The molecule has 1 atom stereocenters. The van der Waals surface area contributed by atoms with E-state index >= 15 is 0 Å². The molecule has 90 valence electrons. The van der Waals surface area contributed by atoms with Crippen LogP contribution in [-0.4, -0.2) is 49.3 Å². The second kappa shape index (κ2) is 5.93. The quantitative estimate of drug-likeness (QED) is 0.884. The lowest BCUT2D eigenvalue weighted by Crippen LogP contribution is -2.44. The summed E-state index contributed by atoms with van der Waals surface area (Å²) in [5, 5.41) is 4.37. The summed E-state index contributed by atoms with van der Waals surface area (Å²) in [5.41, 5.74) is 0. The Morgan fingerprint density at radius 2 is 2.62 bits per heavy atom. The van der Waals surface area contributed by atoms with E-state index in [-0.39, 0.29) is 6.10 Å². The molecule has 1 aliphatic rings. The Bertz CT molecular complexity index is 328. The number of thiazole rings is 1. The van der Waals surface area contributed by atoms with Crippen LogP contribution in [0, 0.1) is 0 Å². The molecule has 0 radical (unpaired) electrons. The zero-order chi connectivity index (χ0) is 11.4. The van der Waals surface area contributed by atoms with E-state index in [0.717, 1.165) is 42.1 Å². The number of halogens is 1. The van der Waals surface area contributed by atoms with Crippen LogP contribution in [0.2, 0.25) is 4.34 Å². The number of likely N-dealkylation sites (N-methyl/N-ethyl adjacent to an activating group) is 1. The van der Waals surface area contributed by atoms with Crippen LogP contribution in [-0.2, 0) is 11.3 Å². The van der Waals surface area contributed by atoms with Gasteiger partial charge in [-0.25, -0.2) is 4.98 Å². The van der Waals surface area contributed by atoms with Gasteiger partial charge in [-0.05, 0) is 7.05 Å². The number of hydrogen-bond donors (Lipinski definition) is 1. The maximum atomic E-state index is 5.84. The molecule has 2 heterocycles. The normalized spacial score (nSPS) is 21.6. The highest BCUT2D eigenvalue weighted by Crippen LogP contribution is 2.19. The summed E-state index contributed by atoms with van der Waals surface area (Å²) in [6, 6.07) is 0. The molecule has 6 heteroatoms. The second-order valence-corrected chi connectivity index (χ2v) is 5.70. The topological polar surface area (TPSA) is 37.4 Å². The van der Waals surface area contributed by atoms with Crippen molar-refractivity contribution in [2.24, 2.45) is 0 Å². The van der Waals surface area contributed by atoms with Crippen LogP contribution in [0.1, 0.15) is 5.01 Å². The van der Waals surface area contributed by atoms with Gasteiger partial charge < -0.3 is 10.1 Å². The van der Waals surface area contributed by atoms with Crippen LogP contribution in [0.5, 0.6) is 0 Å². The molecule has 1 aromatic heterocycles. The number of rotatable bonds is 4. The first-order valence-corrected chi connectivity index (χ1v) is 6.54. The molecule has 0 bridgehead atoms. The first-order chi connectivity index (χ1) is 7.74. The van der Waals surface area contributed by atoms with Crippen molar-refractivity contribution in [2.45, 2.75) is 12.6 Å². The fraction of sp³-hybridized carbons (Fsp3) is 0.700. The van der Waals surface area contributed by atoms with Crippen molar-refractivity contribution < 1.29 is 4.74 Å². The second-order valence-electron chi connectivity index (χ2n) is 3.95. The van der Waals surface area contributed by atoms with Crippen molar-refractivity contribution in [2.75, 3.05) is 33.3 Å². The minimum atomic E-state index is 0.286. The maximum absolute atomic E-state index is 5.84. The summed E-state index contributed by atoms with van der Waals surface area (Å²) < 4.78 is 6.39. The molecular weight excluding hydrogens is 246 g/mol. The Balaban J connectivity index is 1.77. The first-order valence-electron chi connectivity index (χ1n) is 5.35. The predicted octanol–water partition coefficient (Wildman–Crippen LogP) is 1.22. The molecule has 1 unspecified atom stereocenters. The van der Waals surface area contributed by atoms with Crippen LogP contribution < -0.4 is 5.32 Å². The molecule has 0 aliphatic carbocycles. The molecule has 0 amide bonds. The molecule has 0 spiro atoms. The fourth-order valence-electron chi connectivity index (χ4n) is 1.74. The van der Waals surface area contributed by atoms with E-state index in [0.29, 0.717) is 0 Å². The third-order valence-electron chi connectivity index (χ3n) is 2.45. The van der Waals surface area contributed by atoms with E-state index in [2.05, 4.69) is 22.2 Å². The van der Waals surface area contributed by atoms with Gasteiger partial charge in [0.15, 0.2) is 0 Å². The van der Waals surface area contributed by atoms with Crippen molar-refractivity contribution in [3.05, 3.63) is 15.5 Å². The molecule has 0 saturated carbocycles. The van der Waals surface area contributed by atoms with Gasteiger partial charge in [0.1, 0.15) is 9.34 Å². The number of nitrogens with zero attached hydrogens (tertiary/aromatic N) is 2. The number of hydrogen-bond acceptors (Lipinski definition) is 5. The first kappa shape index (κ1) is 12.3. The van der Waals surface area contributed by atoms with E-state index in [9.17, 15) is 0 Å². The molecule has 1 aromatic rings. The molecule has 16 heavy (non-hydrogen) atoms. The highest BCUT2D eigenvalue weighted by Gasteiger charge is 2.16. The van der Waals surface area contributed by atoms with Crippen LogP contribution in [0.4, 0.5) is 0 Å². The monoisotopic (exact) mass is 261 g/mol. The summed E-state index contributed by atoms with van der Waals surface area (Å²) in [7, 11) is 2.08. The van der Waals surface area contributed by atoms with Gasteiger partial charge in [-0.2, -0.15) is 0 Å². The van der Waals surface area contributed by atoms with Crippen molar-refractivity contribution in [3.8, 4) is 0 Å². The Kier molecular flexibility index (Phi) is 4.55. The van der Waals surface area contributed by atoms with Gasteiger partial charge >= 0.3 is 0 Å². The van der Waals surface area contributed by atoms with Gasteiger partial charge in [-0.1, -0.05) is 11.6 Å². The van der Waals surface area contributed by atoms with Gasteiger partial charge in [0.2, 0.25) is 0 Å². The zero-order valence-corrected chi connectivity index (χ0v) is 10.9. The van der Waals surface area contributed by atoms with Crippen LogP contribution >= 0.6 is 22.9 Å². The molecule has 1 saturated heterocycles. The number of aromatic nitrogens is 1. The summed E-state index contributed by atoms with van der Waals surface area (Å²) in [5.74, 6) is 0. The number of nitrogens with one attached hydrogen (secondary N) is 1. The minimum Gasteiger partial charge on any atom is -0.374 e. The lowest BCUT2D eigenvalue weighted by Gasteiger charge is -2.27. The van der Waals surface area contributed by atoms with E-state index in [4.69, 9.17) is 16.3 Å². The largest absolute Gasteiger partial charge is 0.374 e. The smallest absolute Gasteiger partial charge is 0.113 e. The van der Waals surface area contributed by atoms with Gasteiger partial charge in [0.05, 0.1) is 25.5 Å².